The molecule has 1 aromatic rings. The lowest BCUT2D eigenvalue weighted by molar-refractivity contribution is 0.249. The summed E-state index contributed by atoms with van der Waals surface area (Å²) in [4.78, 5) is 3.95. The maximum atomic E-state index is 5.90. The molecule has 0 aliphatic carbocycles. The van der Waals surface area contributed by atoms with E-state index in [4.69, 9.17) is 4.53 Å². The van der Waals surface area contributed by atoms with Crippen molar-refractivity contribution in [3.63, 3.8) is 0 Å². The Labute approximate surface area is 80.8 Å². The summed E-state index contributed by atoms with van der Waals surface area (Å²) in [5.41, 5.74) is 0. The van der Waals surface area contributed by atoms with Crippen LogP contribution >= 0.6 is 0 Å². The maximum absolute atomic E-state index is 5.90. The molecule has 0 unspecified atom stereocenters. The number of rotatable bonds is 2. The predicted octanol–water partition coefficient (Wildman–Crippen LogP) is 2.32. The third-order valence-corrected chi connectivity index (χ3v) is 6.90. The summed E-state index contributed by atoms with van der Waals surface area (Å²) < 4.78 is 7.61. The van der Waals surface area contributed by atoms with Crippen LogP contribution in [0.2, 0.25) is 18.1 Å². The summed E-state index contributed by atoms with van der Waals surface area (Å²) in [6.45, 7) is 11.1. The van der Waals surface area contributed by atoms with Gasteiger partial charge in [-0.1, -0.05) is 20.8 Å². The second kappa shape index (κ2) is 3.18. The molecule has 0 atom stereocenters. The topological polar surface area (TPSA) is 27.1 Å². The van der Waals surface area contributed by atoms with Gasteiger partial charge in [-0.05, 0) is 18.1 Å². The van der Waals surface area contributed by atoms with Crippen molar-refractivity contribution in [3.8, 4) is 0 Å². The van der Waals surface area contributed by atoms with Crippen molar-refractivity contribution < 1.29 is 4.53 Å². The van der Waals surface area contributed by atoms with Crippen LogP contribution in [0.15, 0.2) is 18.7 Å². The largest absolute Gasteiger partial charge is 0.468 e. The number of aromatic nitrogens is 2. The third kappa shape index (κ3) is 2.34. The highest BCUT2D eigenvalue weighted by Gasteiger charge is 2.40. The van der Waals surface area contributed by atoms with Gasteiger partial charge in [-0.3, -0.25) is 0 Å². The lowest BCUT2D eigenvalue weighted by Gasteiger charge is -2.35. The van der Waals surface area contributed by atoms with Crippen LogP contribution in [0.3, 0.4) is 0 Å². The lowest BCUT2D eigenvalue weighted by atomic mass is 10.2. The molecule has 0 saturated carbocycles. The van der Waals surface area contributed by atoms with Crippen molar-refractivity contribution in [3.05, 3.63) is 18.7 Å². The molecule has 0 saturated heterocycles. The zero-order valence-corrected chi connectivity index (χ0v) is 10.0. The molecule has 0 N–H and O–H groups in total. The fourth-order valence-corrected chi connectivity index (χ4v) is 1.61. The molecular weight excluding hydrogens is 180 g/mol. The van der Waals surface area contributed by atoms with Crippen molar-refractivity contribution >= 4 is 8.32 Å². The van der Waals surface area contributed by atoms with Gasteiger partial charge in [0.25, 0.3) is 8.32 Å². The second-order valence-electron chi connectivity index (χ2n) is 4.77. The van der Waals surface area contributed by atoms with Crippen LogP contribution < -0.4 is 4.53 Å². The molecule has 0 aromatic carbocycles. The van der Waals surface area contributed by atoms with E-state index in [-0.39, 0.29) is 5.04 Å². The number of imidazole rings is 1. The number of nitrogens with zero attached hydrogens (tertiary/aromatic N) is 2. The molecule has 0 radical (unpaired) electrons. The first-order valence-corrected chi connectivity index (χ1v) is 7.41. The normalized spacial score (nSPS) is 13.0. The summed E-state index contributed by atoms with van der Waals surface area (Å²) >= 11 is 0. The third-order valence-electron chi connectivity index (χ3n) is 2.62. The smallest absolute Gasteiger partial charge is 0.284 e. The van der Waals surface area contributed by atoms with Gasteiger partial charge in [0.2, 0.25) is 0 Å². The van der Waals surface area contributed by atoms with Crippen LogP contribution in [0.4, 0.5) is 0 Å². The van der Waals surface area contributed by atoms with Crippen molar-refractivity contribution in [2.45, 2.75) is 38.9 Å². The Balaban J connectivity index is 2.73. The average Bonchev–Trinajstić information content (AvgIpc) is 2.35. The molecule has 0 spiro atoms. The molecule has 0 fully saturated rings. The van der Waals surface area contributed by atoms with Crippen LogP contribution in [-0.4, -0.2) is 18.0 Å². The Morgan fingerprint density at radius 1 is 1.31 bits per heavy atom. The van der Waals surface area contributed by atoms with Crippen molar-refractivity contribution in [1.29, 1.82) is 0 Å². The van der Waals surface area contributed by atoms with E-state index in [9.17, 15) is 0 Å². The molecular formula is C9H18N2OSi. The summed E-state index contributed by atoms with van der Waals surface area (Å²) in [7, 11) is -1.69. The van der Waals surface area contributed by atoms with Gasteiger partial charge in [0.05, 0.1) is 6.20 Å². The highest BCUT2D eigenvalue weighted by Crippen LogP contribution is 2.34. The number of hydrogen-bond donors (Lipinski definition) is 0. The highest BCUT2D eigenvalue weighted by molar-refractivity contribution is 6.74. The monoisotopic (exact) mass is 198 g/mol. The molecule has 4 heteroatoms. The van der Waals surface area contributed by atoms with E-state index in [1.165, 1.54) is 0 Å². The molecule has 0 aliphatic heterocycles. The Kier molecular flexibility index (Phi) is 2.52. The van der Waals surface area contributed by atoms with Gasteiger partial charge in [-0.25, -0.2) is 4.98 Å². The van der Waals surface area contributed by atoms with Crippen LogP contribution in [0.1, 0.15) is 20.8 Å². The van der Waals surface area contributed by atoms with Crippen molar-refractivity contribution in [1.82, 2.24) is 9.71 Å². The SMILES string of the molecule is CC(C)(C)[Si](C)(C)On1ccnc1. The summed E-state index contributed by atoms with van der Waals surface area (Å²) in [6.07, 6.45) is 5.26. The second-order valence-corrected chi connectivity index (χ2v) is 9.48. The number of hydrogen-bond acceptors (Lipinski definition) is 2. The standard InChI is InChI=1S/C9H18N2OSi/c1-9(2,3)13(4,5)12-11-7-6-10-8-11/h6-8H,1-5H3. The van der Waals surface area contributed by atoms with E-state index in [0.29, 0.717) is 0 Å². The van der Waals surface area contributed by atoms with Gasteiger partial charge in [-0.2, -0.15) is 4.73 Å². The minimum Gasteiger partial charge on any atom is -0.468 e. The zero-order chi connectivity index (χ0) is 10.1. The van der Waals surface area contributed by atoms with E-state index >= 15 is 0 Å². The van der Waals surface area contributed by atoms with Gasteiger partial charge in [0.1, 0.15) is 6.33 Å². The first kappa shape index (κ1) is 10.3. The predicted molar refractivity (Wildman–Crippen MR) is 56.0 cm³/mol. The van der Waals surface area contributed by atoms with Gasteiger partial charge < -0.3 is 4.53 Å². The molecule has 0 bridgehead atoms. The maximum Gasteiger partial charge on any atom is 0.284 e. The molecule has 1 heterocycles. The van der Waals surface area contributed by atoms with Crippen molar-refractivity contribution in [2.75, 3.05) is 0 Å². The Morgan fingerprint density at radius 2 is 1.92 bits per heavy atom. The Bertz CT molecular complexity index is 262. The Morgan fingerprint density at radius 3 is 2.31 bits per heavy atom. The van der Waals surface area contributed by atoms with E-state index in [0.717, 1.165) is 0 Å². The van der Waals surface area contributed by atoms with Crippen LogP contribution in [0, 0.1) is 0 Å². The van der Waals surface area contributed by atoms with Crippen LogP contribution in [0.5, 0.6) is 0 Å². The summed E-state index contributed by atoms with van der Waals surface area (Å²) in [6, 6.07) is 0. The van der Waals surface area contributed by atoms with Gasteiger partial charge in [0.15, 0.2) is 0 Å². The quantitative estimate of drug-likeness (QED) is 0.682. The fourth-order valence-electron chi connectivity index (χ4n) is 0.701. The minimum atomic E-state index is -1.69. The molecule has 13 heavy (non-hydrogen) atoms. The Hall–Kier alpha value is -0.773. The first-order valence-electron chi connectivity index (χ1n) is 4.50. The van der Waals surface area contributed by atoms with Crippen LogP contribution in [0.25, 0.3) is 0 Å². The molecule has 0 amide bonds. The minimum absolute atomic E-state index is 0.233. The molecule has 1 rings (SSSR count). The highest BCUT2D eigenvalue weighted by atomic mass is 28.4. The summed E-state index contributed by atoms with van der Waals surface area (Å²) in [5, 5.41) is 0.233. The molecule has 74 valence electrons. The molecule has 3 nitrogen and oxygen atoms in total. The van der Waals surface area contributed by atoms with Crippen molar-refractivity contribution in [2.24, 2.45) is 0 Å². The van der Waals surface area contributed by atoms with Crippen LogP contribution in [-0.2, 0) is 0 Å². The van der Waals surface area contributed by atoms with Gasteiger partial charge >= 0.3 is 0 Å². The average molecular weight is 198 g/mol. The first-order chi connectivity index (χ1) is 5.83. The van der Waals surface area contributed by atoms with E-state index in [2.05, 4.69) is 38.8 Å². The molecule has 1 aromatic heterocycles. The summed E-state index contributed by atoms with van der Waals surface area (Å²) in [5.74, 6) is 0. The lowest BCUT2D eigenvalue weighted by Crippen LogP contribution is -2.47. The van der Waals surface area contributed by atoms with E-state index in [1.807, 2.05) is 6.20 Å². The molecule has 0 aliphatic rings. The van der Waals surface area contributed by atoms with Gasteiger partial charge in [0, 0.05) is 6.20 Å². The fraction of sp³-hybridized carbons (Fsp3) is 0.667. The zero-order valence-electron chi connectivity index (χ0n) is 9.03. The van der Waals surface area contributed by atoms with Gasteiger partial charge in [-0.15, -0.1) is 0 Å². The van der Waals surface area contributed by atoms with E-state index < -0.39 is 8.32 Å². The van der Waals surface area contributed by atoms with E-state index in [1.54, 1.807) is 17.3 Å².